The highest BCUT2D eigenvalue weighted by Crippen LogP contribution is 2.29. The Labute approximate surface area is 158 Å². The number of rotatable bonds is 4. The van der Waals surface area contributed by atoms with Crippen LogP contribution in [0.5, 0.6) is 0 Å². The van der Waals surface area contributed by atoms with E-state index >= 15 is 0 Å². The van der Waals surface area contributed by atoms with Crippen molar-refractivity contribution >= 4 is 44.5 Å². The predicted octanol–water partition coefficient (Wildman–Crippen LogP) is 2.39. The average molecular weight is 416 g/mol. The van der Waals surface area contributed by atoms with Crippen molar-refractivity contribution in [2.75, 3.05) is 23.3 Å². The van der Waals surface area contributed by atoms with Gasteiger partial charge in [-0.15, -0.1) is 5.10 Å². The lowest BCUT2D eigenvalue weighted by molar-refractivity contribution is -0.120. The van der Waals surface area contributed by atoms with Crippen LogP contribution in [0.15, 0.2) is 29.0 Å². The van der Waals surface area contributed by atoms with Gasteiger partial charge in [-0.25, -0.2) is 14.6 Å². The lowest BCUT2D eigenvalue weighted by Gasteiger charge is -2.38. The van der Waals surface area contributed by atoms with Crippen molar-refractivity contribution in [2.45, 2.75) is 20.4 Å². The summed E-state index contributed by atoms with van der Waals surface area (Å²) in [4.78, 5) is 23.1. The summed E-state index contributed by atoms with van der Waals surface area (Å²) >= 11 is 3.43. The number of amides is 1. The Kier molecular flexibility index (Phi) is 4.31. The Balaban J connectivity index is 1.45. The molecule has 8 nitrogen and oxygen atoms in total. The molecule has 26 heavy (non-hydrogen) atoms. The van der Waals surface area contributed by atoms with Crippen LogP contribution in [-0.2, 0) is 11.3 Å². The van der Waals surface area contributed by atoms with Crippen LogP contribution in [0.1, 0.15) is 12.5 Å². The summed E-state index contributed by atoms with van der Waals surface area (Å²) in [5, 5.41) is 11.3. The molecule has 1 N–H and O–H groups in total. The maximum atomic E-state index is 12.5. The van der Waals surface area contributed by atoms with Crippen molar-refractivity contribution in [3.63, 3.8) is 0 Å². The monoisotopic (exact) mass is 415 g/mol. The highest BCUT2D eigenvalue weighted by Gasteiger charge is 2.35. The van der Waals surface area contributed by atoms with Gasteiger partial charge in [-0.2, -0.15) is 0 Å². The molecule has 1 aliphatic rings. The maximum Gasteiger partial charge on any atom is 0.231 e. The lowest BCUT2D eigenvalue weighted by atomic mass is 9.98. The number of carbonyl (C=O) groups is 1. The normalized spacial score (nSPS) is 14.5. The number of hydrogen-bond donors (Lipinski definition) is 1. The lowest BCUT2D eigenvalue weighted by Crippen LogP contribution is -2.52. The number of aromatic nitrogens is 5. The van der Waals surface area contributed by atoms with Gasteiger partial charge in [0, 0.05) is 29.8 Å². The summed E-state index contributed by atoms with van der Waals surface area (Å²) in [5.74, 6) is 0.678. The van der Waals surface area contributed by atoms with E-state index in [2.05, 4.69) is 41.5 Å². The van der Waals surface area contributed by atoms with Crippen molar-refractivity contribution < 1.29 is 4.79 Å². The zero-order valence-corrected chi connectivity index (χ0v) is 16.1. The van der Waals surface area contributed by atoms with Crippen LogP contribution in [0.2, 0.25) is 0 Å². The highest BCUT2D eigenvalue weighted by atomic mass is 79.9. The van der Waals surface area contributed by atoms with Crippen LogP contribution in [0.25, 0.3) is 11.2 Å². The summed E-state index contributed by atoms with van der Waals surface area (Å²) < 4.78 is 2.73. The molecule has 1 fully saturated rings. The average Bonchev–Trinajstić information content (AvgIpc) is 3.00. The summed E-state index contributed by atoms with van der Waals surface area (Å²) in [7, 11) is 0. The van der Waals surface area contributed by atoms with Gasteiger partial charge in [-0.05, 0) is 37.6 Å². The quantitative estimate of drug-likeness (QED) is 0.703. The molecule has 3 aromatic rings. The minimum absolute atomic E-state index is 0.0224. The molecule has 0 aliphatic carbocycles. The molecule has 1 amide bonds. The molecule has 134 valence electrons. The zero-order chi connectivity index (χ0) is 18.3. The molecule has 0 saturated carbocycles. The van der Waals surface area contributed by atoms with Gasteiger partial charge in [0.1, 0.15) is 6.33 Å². The largest absolute Gasteiger partial charge is 0.353 e. The van der Waals surface area contributed by atoms with E-state index in [1.165, 1.54) is 6.33 Å². The molecule has 0 spiro atoms. The first-order valence-electron chi connectivity index (χ1n) is 8.43. The molecule has 0 atom stereocenters. The molecule has 1 aliphatic heterocycles. The number of fused-ring (bicyclic) bond motifs is 1. The van der Waals surface area contributed by atoms with Gasteiger partial charge in [-0.1, -0.05) is 21.1 Å². The number of nitrogens with one attached hydrogen (secondary N) is 1. The Morgan fingerprint density at radius 1 is 1.35 bits per heavy atom. The summed E-state index contributed by atoms with van der Waals surface area (Å²) in [6.45, 7) is 5.87. The van der Waals surface area contributed by atoms with Crippen molar-refractivity contribution in [3.05, 3.63) is 34.6 Å². The van der Waals surface area contributed by atoms with Crippen molar-refractivity contribution in [2.24, 2.45) is 5.92 Å². The Morgan fingerprint density at radius 2 is 2.15 bits per heavy atom. The van der Waals surface area contributed by atoms with Crippen LogP contribution in [0.4, 0.5) is 11.5 Å². The van der Waals surface area contributed by atoms with Crippen molar-refractivity contribution in [3.8, 4) is 0 Å². The fourth-order valence-corrected chi connectivity index (χ4v) is 3.52. The topological polar surface area (TPSA) is 88.8 Å². The summed E-state index contributed by atoms with van der Waals surface area (Å²) in [6, 6.07) is 5.81. The predicted molar refractivity (Wildman–Crippen MR) is 102 cm³/mol. The molecule has 3 heterocycles. The van der Waals surface area contributed by atoms with Crippen LogP contribution >= 0.6 is 15.9 Å². The highest BCUT2D eigenvalue weighted by molar-refractivity contribution is 9.10. The third-order valence-electron chi connectivity index (χ3n) is 4.58. The Hall–Kier alpha value is -2.55. The number of aryl methyl sites for hydroxylation is 2. The number of nitrogens with zero attached hydrogens (tertiary/aromatic N) is 6. The van der Waals surface area contributed by atoms with Crippen LogP contribution in [0.3, 0.4) is 0 Å². The van der Waals surface area contributed by atoms with E-state index in [1.54, 1.807) is 4.68 Å². The van der Waals surface area contributed by atoms with Gasteiger partial charge < -0.3 is 10.2 Å². The van der Waals surface area contributed by atoms with Crippen molar-refractivity contribution in [1.82, 2.24) is 25.0 Å². The number of carbonyl (C=O) groups excluding carboxylic acids is 1. The molecular weight excluding hydrogens is 398 g/mol. The second kappa shape index (κ2) is 6.64. The minimum atomic E-state index is -0.0794. The van der Waals surface area contributed by atoms with Gasteiger partial charge in [0.15, 0.2) is 17.0 Å². The van der Waals surface area contributed by atoms with Crippen LogP contribution < -0.4 is 10.2 Å². The first-order chi connectivity index (χ1) is 12.6. The van der Waals surface area contributed by atoms with Crippen molar-refractivity contribution in [1.29, 1.82) is 0 Å². The molecular formula is C17H18BrN7O. The fourth-order valence-electron chi connectivity index (χ4n) is 3.04. The Morgan fingerprint density at radius 3 is 2.88 bits per heavy atom. The maximum absolute atomic E-state index is 12.5. The number of anilines is 2. The smallest absolute Gasteiger partial charge is 0.231 e. The van der Waals surface area contributed by atoms with E-state index in [0.717, 1.165) is 27.2 Å². The first kappa shape index (κ1) is 16.9. The van der Waals surface area contributed by atoms with Gasteiger partial charge in [0.05, 0.1) is 5.92 Å². The number of hydrogen-bond acceptors (Lipinski definition) is 6. The second-order valence-corrected chi connectivity index (χ2v) is 7.24. The first-order valence-corrected chi connectivity index (χ1v) is 9.22. The SMILES string of the molecule is CCn1nnc2c(N3CC(C(=O)Nc4ccc(Br)cc4C)C3)ncnc21. The van der Waals surface area contributed by atoms with Crippen LogP contribution in [-0.4, -0.2) is 44.0 Å². The molecule has 9 heteroatoms. The van der Waals surface area contributed by atoms with Gasteiger partial charge in [0.2, 0.25) is 5.91 Å². The van der Waals surface area contributed by atoms with E-state index in [4.69, 9.17) is 0 Å². The summed E-state index contributed by atoms with van der Waals surface area (Å²) in [5.41, 5.74) is 3.26. The van der Waals surface area contributed by atoms with E-state index in [9.17, 15) is 4.79 Å². The standard InChI is InChI=1S/C17H18BrN7O/c1-3-25-16-14(22-23-25)15(19-9-20-16)24-7-11(8-24)17(26)21-13-5-4-12(18)6-10(13)2/h4-6,9,11H,3,7-8H2,1-2H3,(H,21,26). The number of benzene rings is 1. The van der Waals surface area contributed by atoms with E-state index in [-0.39, 0.29) is 11.8 Å². The van der Waals surface area contributed by atoms with Gasteiger partial charge >= 0.3 is 0 Å². The van der Waals surface area contributed by atoms with E-state index < -0.39 is 0 Å². The van der Waals surface area contributed by atoms with Gasteiger partial charge in [-0.3, -0.25) is 4.79 Å². The van der Waals surface area contributed by atoms with E-state index in [1.807, 2.05) is 36.9 Å². The third-order valence-corrected chi connectivity index (χ3v) is 5.07. The molecule has 2 aromatic heterocycles. The molecule has 0 bridgehead atoms. The zero-order valence-electron chi connectivity index (χ0n) is 14.5. The third kappa shape index (κ3) is 2.92. The molecule has 4 rings (SSSR count). The Bertz CT molecular complexity index is 980. The van der Waals surface area contributed by atoms with Crippen LogP contribution in [0, 0.1) is 12.8 Å². The molecule has 0 unspecified atom stereocenters. The number of halogens is 1. The molecule has 1 saturated heterocycles. The minimum Gasteiger partial charge on any atom is -0.353 e. The summed E-state index contributed by atoms with van der Waals surface area (Å²) in [6.07, 6.45) is 1.52. The molecule has 1 aromatic carbocycles. The fraction of sp³-hybridized carbons (Fsp3) is 0.353. The molecule has 0 radical (unpaired) electrons. The second-order valence-electron chi connectivity index (χ2n) is 6.33. The van der Waals surface area contributed by atoms with E-state index in [0.29, 0.717) is 25.2 Å². The van der Waals surface area contributed by atoms with Gasteiger partial charge in [0.25, 0.3) is 0 Å².